The van der Waals surface area contributed by atoms with Crippen LogP contribution >= 0.6 is 0 Å². The molecule has 0 aliphatic carbocycles. The van der Waals surface area contributed by atoms with E-state index in [1.54, 1.807) is 0 Å². The lowest BCUT2D eigenvalue weighted by atomic mass is 10.1. The van der Waals surface area contributed by atoms with E-state index in [4.69, 9.17) is 15.3 Å². The Bertz CT molecular complexity index is 97.2. The Hall–Kier alpha value is -0.160. The second-order valence-corrected chi connectivity index (χ2v) is 2.62. The molecule has 0 unspecified atom stereocenters. The zero-order valence-electron chi connectivity index (χ0n) is 5.70. The Labute approximate surface area is 59.5 Å². The molecule has 0 aromatic rings. The zero-order valence-corrected chi connectivity index (χ0v) is 5.70. The molecule has 0 saturated carbocycles. The minimum Gasteiger partial charge on any atom is -0.390 e. The number of hydrogen-bond donors (Lipinski definition) is 4. The Morgan fingerprint density at radius 2 is 1.80 bits per heavy atom. The second kappa shape index (κ2) is 3.30. The van der Waals surface area contributed by atoms with Crippen molar-refractivity contribution in [2.75, 3.05) is 13.1 Å². The number of nitrogens with one attached hydrogen (secondary N) is 1. The average Bonchev–Trinajstić information content (AvgIpc) is 2.04. The maximum Gasteiger partial charge on any atom is 0.107 e. The molecule has 0 radical (unpaired) electrons. The van der Waals surface area contributed by atoms with Crippen LogP contribution in [-0.4, -0.2) is 46.7 Å². The first-order valence-electron chi connectivity index (χ1n) is 3.46. The van der Waals surface area contributed by atoms with Crippen LogP contribution in [0.3, 0.4) is 0 Å². The summed E-state index contributed by atoms with van der Waals surface area (Å²) in [6, 6.07) is 0. The number of aliphatic hydroxyl groups excluding tert-OH is 3. The Morgan fingerprint density at radius 3 is 2.50 bits per heavy atom. The first-order chi connectivity index (χ1) is 4.72. The third-order valence-corrected chi connectivity index (χ3v) is 1.76. The fourth-order valence-corrected chi connectivity index (χ4v) is 1.05. The highest BCUT2D eigenvalue weighted by Crippen LogP contribution is 2.05. The van der Waals surface area contributed by atoms with E-state index < -0.39 is 18.3 Å². The van der Waals surface area contributed by atoms with Gasteiger partial charge in [-0.05, 0) is 13.0 Å². The van der Waals surface area contributed by atoms with Crippen LogP contribution in [0.15, 0.2) is 0 Å². The summed E-state index contributed by atoms with van der Waals surface area (Å²) in [6.45, 7) is 1.01. The summed E-state index contributed by atoms with van der Waals surface area (Å²) >= 11 is 0. The van der Waals surface area contributed by atoms with E-state index in [0.717, 1.165) is 0 Å². The molecule has 0 aromatic heterocycles. The van der Waals surface area contributed by atoms with Crippen molar-refractivity contribution in [3.63, 3.8) is 0 Å². The fourth-order valence-electron chi connectivity index (χ4n) is 1.05. The number of hydrogen-bond acceptors (Lipinski definition) is 4. The first-order valence-corrected chi connectivity index (χ1v) is 3.46. The molecule has 1 aliphatic heterocycles. The van der Waals surface area contributed by atoms with Gasteiger partial charge in [0.25, 0.3) is 0 Å². The van der Waals surface area contributed by atoms with Gasteiger partial charge in [0.15, 0.2) is 0 Å². The SMILES string of the molecule is O[C@@H]1[C@@H](O)CCNC[C@@H]1O. The van der Waals surface area contributed by atoms with E-state index in [9.17, 15) is 0 Å². The van der Waals surface area contributed by atoms with Gasteiger partial charge in [-0.2, -0.15) is 0 Å². The predicted molar refractivity (Wildman–Crippen MR) is 35.5 cm³/mol. The summed E-state index contributed by atoms with van der Waals surface area (Å²) in [6.07, 6.45) is -2.12. The lowest BCUT2D eigenvalue weighted by Crippen LogP contribution is -2.38. The highest BCUT2D eigenvalue weighted by Gasteiger charge is 2.26. The van der Waals surface area contributed by atoms with Crippen LogP contribution in [0, 0.1) is 0 Å². The molecular weight excluding hydrogens is 134 g/mol. The van der Waals surface area contributed by atoms with Gasteiger partial charge in [0, 0.05) is 6.54 Å². The molecule has 10 heavy (non-hydrogen) atoms. The normalized spacial score (nSPS) is 42.9. The molecule has 4 N–H and O–H groups in total. The highest BCUT2D eigenvalue weighted by atomic mass is 16.4. The molecule has 4 heteroatoms. The molecule has 4 nitrogen and oxygen atoms in total. The van der Waals surface area contributed by atoms with Crippen molar-refractivity contribution in [2.45, 2.75) is 24.7 Å². The Kier molecular flexibility index (Phi) is 2.62. The van der Waals surface area contributed by atoms with Gasteiger partial charge in [-0.3, -0.25) is 0 Å². The van der Waals surface area contributed by atoms with Crippen molar-refractivity contribution in [2.24, 2.45) is 0 Å². The maximum atomic E-state index is 9.09. The highest BCUT2D eigenvalue weighted by molar-refractivity contribution is 4.80. The summed E-state index contributed by atoms with van der Waals surface area (Å²) in [5.74, 6) is 0. The lowest BCUT2D eigenvalue weighted by Gasteiger charge is -2.17. The first kappa shape index (κ1) is 7.94. The van der Waals surface area contributed by atoms with Gasteiger partial charge in [0.1, 0.15) is 6.10 Å². The Balaban J connectivity index is 2.46. The molecule has 1 fully saturated rings. The summed E-state index contributed by atoms with van der Waals surface area (Å²) in [4.78, 5) is 0. The van der Waals surface area contributed by atoms with Crippen molar-refractivity contribution in [1.29, 1.82) is 0 Å². The second-order valence-electron chi connectivity index (χ2n) is 2.62. The third-order valence-electron chi connectivity index (χ3n) is 1.76. The van der Waals surface area contributed by atoms with Gasteiger partial charge < -0.3 is 20.6 Å². The van der Waals surface area contributed by atoms with Gasteiger partial charge in [-0.25, -0.2) is 0 Å². The lowest BCUT2D eigenvalue weighted by molar-refractivity contribution is -0.0503. The monoisotopic (exact) mass is 147 g/mol. The predicted octanol–water partition coefficient (Wildman–Crippen LogP) is -1.94. The topological polar surface area (TPSA) is 72.7 Å². The maximum absolute atomic E-state index is 9.09. The van der Waals surface area contributed by atoms with Gasteiger partial charge in [-0.1, -0.05) is 0 Å². The molecule has 1 aliphatic rings. The number of β-amino-alcohol motifs (C(OH)–C–C–N with tert-alkyl or cyclic N) is 1. The zero-order chi connectivity index (χ0) is 7.56. The molecule has 0 bridgehead atoms. The minimum atomic E-state index is -0.991. The van der Waals surface area contributed by atoms with Crippen LogP contribution in [0.1, 0.15) is 6.42 Å². The molecule has 0 spiro atoms. The van der Waals surface area contributed by atoms with Crippen LogP contribution in [0.4, 0.5) is 0 Å². The van der Waals surface area contributed by atoms with Crippen LogP contribution in [0.2, 0.25) is 0 Å². The van der Waals surface area contributed by atoms with Crippen LogP contribution in [0.5, 0.6) is 0 Å². The minimum absolute atomic E-state index is 0.359. The van der Waals surface area contributed by atoms with Gasteiger partial charge in [0.05, 0.1) is 12.2 Å². The molecule has 1 heterocycles. The molecule has 0 amide bonds. The summed E-state index contributed by atoms with van der Waals surface area (Å²) in [5, 5.41) is 30.1. The fraction of sp³-hybridized carbons (Fsp3) is 1.00. The van der Waals surface area contributed by atoms with Gasteiger partial charge >= 0.3 is 0 Å². The van der Waals surface area contributed by atoms with Gasteiger partial charge in [0.2, 0.25) is 0 Å². The summed E-state index contributed by atoms with van der Waals surface area (Å²) < 4.78 is 0. The smallest absolute Gasteiger partial charge is 0.107 e. The van der Waals surface area contributed by atoms with E-state index >= 15 is 0 Å². The molecule has 0 aromatic carbocycles. The van der Waals surface area contributed by atoms with Crippen molar-refractivity contribution < 1.29 is 15.3 Å². The van der Waals surface area contributed by atoms with Crippen molar-refractivity contribution in [3.05, 3.63) is 0 Å². The largest absolute Gasteiger partial charge is 0.390 e. The standard InChI is InChI=1S/C6H13NO3/c8-4-1-2-7-3-5(9)6(4)10/h4-10H,1-3H2/t4-,5-,6+/m0/s1. The number of aliphatic hydroxyl groups is 3. The van der Waals surface area contributed by atoms with E-state index in [-0.39, 0.29) is 0 Å². The molecule has 1 rings (SSSR count). The summed E-state index contributed by atoms with van der Waals surface area (Å²) in [7, 11) is 0. The molecule has 60 valence electrons. The average molecular weight is 147 g/mol. The summed E-state index contributed by atoms with van der Waals surface area (Å²) in [5.41, 5.74) is 0. The van der Waals surface area contributed by atoms with E-state index in [0.29, 0.717) is 19.5 Å². The van der Waals surface area contributed by atoms with Crippen molar-refractivity contribution in [3.8, 4) is 0 Å². The van der Waals surface area contributed by atoms with Gasteiger partial charge in [-0.15, -0.1) is 0 Å². The third kappa shape index (κ3) is 1.67. The Morgan fingerprint density at radius 1 is 1.10 bits per heavy atom. The van der Waals surface area contributed by atoms with Crippen LogP contribution < -0.4 is 5.32 Å². The molecule has 1 saturated heterocycles. The van der Waals surface area contributed by atoms with Crippen molar-refractivity contribution >= 4 is 0 Å². The number of rotatable bonds is 0. The van der Waals surface area contributed by atoms with Crippen LogP contribution in [-0.2, 0) is 0 Å². The van der Waals surface area contributed by atoms with E-state index in [2.05, 4.69) is 5.32 Å². The molecular formula is C6H13NO3. The van der Waals surface area contributed by atoms with E-state index in [1.807, 2.05) is 0 Å². The van der Waals surface area contributed by atoms with Crippen LogP contribution in [0.25, 0.3) is 0 Å². The molecule has 3 atom stereocenters. The quantitative estimate of drug-likeness (QED) is 0.322. The van der Waals surface area contributed by atoms with Crippen molar-refractivity contribution in [1.82, 2.24) is 5.32 Å². The van der Waals surface area contributed by atoms with E-state index in [1.165, 1.54) is 0 Å².